The minimum atomic E-state index is -0.616. The van der Waals surface area contributed by atoms with Gasteiger partial charge in [-0.3, -0.25) is 9.69 Å². The second-order valence-electron chi connectivity index (χ2n) is 10.9. The van der Waals surface area contributed by atoms with Crippen LogP contribution in [0.25, 0.3) is 0 Å². The molecule has 2 saturated heterocycles. The Labute approximate surface area is 192 Å². The summed E-state index contributed by atoms with van der Waals surface area (Å²) in [5.74, 6) is 1.27. The number of esters is 1. The van der Waals surface area contributed by atoms with Gasteiger partial charge in [0.15, 0.2) is 0 Å². The molecule has 0 aliphatic carbocycles. The van der Waals surface area contributed by atoms with Crippen LogP contribution in [0.15, 0.2) is 24.3 Å². The van der Waals surface area contributed by atoms with Crippen molar-refractivity contribution in [3.05, 3.63) is 29.8 Å². The van der Waals surface area contributed by atoms with Gasteiger partial charge in [-0.25, -0.2) is 4.79 Å². The number of ether oxygens (including phenoxy) is 3. The number of amides is 1. The maximum atomic E-state index is 13.5. The minimum absolute atomic E-state index is 0.127. The SMILES string of the molecule is COc1ccc([C@H]2[C@H](C(C)C)C[C@@H]([C@@H]3C[C@@H](C(C)C)C(=O)O3)N2C(=O)OC(C)(C)C)cc1. The van der Waals surface area contributed by atoms with E-state index in [0.29, 0.717) is 12.3 Å². The third kappa shape index (κ3) is 5.05. The molecule has 32 heavy (non-hydrogen) atoms. The third-order valence-corrected chi connectivity index (χ3v) is 6.78. The number of hydrogen-bond acceptors (Lipinski definition) is 5. The quantitative estimate of drug-likeness (QED) is 0.552. The zero-order chi connectivity index (χ0) is 23.8. The highest BCUT2D eigenvalue weighted by Gasteiger charge is 2.53. The smallest absolute Gasteiger partial charge is 0.411 e. The van der Waals surface area contributed by atoms with Crippen LogP contribution in [0.1, 0.15) is 72.9 Å². The van der Waals surface area contributed by atoms with Crippen LogP contribution in [0.3, 0.4) is 0 Å². The Morgan fingerprint density at radius 3 is 2.16 bits per heavy atom. The summed E-state index contributed by atoms with van der Waals surface area (Å²) in [6, 6.07) is 7.54. The molecule has 1 amide bonds. The van der Waals surface area contributed by atoms with Crippen LogP contribution in [-0.2, 0) is 14.3 Å². The molecule has 6 nitrogen and oxygen atoms in total. The molecule has 0 N–H and O–H groups in total. The Balaban J connectivity index is 2.01. The summed E-state index contributed by atoms with van der Waals surface area (Å²) in [6.07, 6.45) is 0.749. The Bertz CT molecular complexity index is 811. The van der Waals surface area contributed by atoms with Gasteiger partial charge < -0.3 is 14.2 Å². The number of cyclic esters (lactones) is 1. The van der Waals surface area contributed by atoms with Crippen molar-refractivity contribution in [1.29, 1.82) is 0 Å². The van der Waals surface area contributed by atoms with Crippen molar-refractivity contribution in [1.82, 2.24) is 4.90 Å². The minimum Gasteiger partial charge on any atom is -0.497 e. The molecule has 2 aliphatic heterocycles. The van der Waals surface area contributed by atoms with E-state index >= 15 is 0 Å². The molecular weight excluding hydrogens is 406 g/mol. The average Bonchev–Trinajstić information content (AvgIpc) is 3.28. The number of nitrogens with zero attached hydrogens (tertiary/aromatic N) is 1. The van der Waals surface area contributed by atoms with E-state index in [1.807, 2.05) is 63.8 Å². The Morgan fingerprint density at radius 1 is 1.06 bits per heavy atom. The van der Waals surface area contributed by atoms with Crippen molar-refractivity contribution in [2.24, 2.45) is 23.7 Å². The van der Waals surface area contributed by atoms with Gasteiger partial charge >= 0.3 is 12.1 Å². The van der Waals surface area contributed by atoms with Gasteiger partial charge in [0, 0.05) is 0 Å². The van der Waals surface area contributed by atoms with Crippen LogP contribution >= 0.6 is 0 Å². The van der Waals surface area contributed by atoms with Gasteiger partial charge in [-0.05, 0) is 69.1 Å². The fourth-order valence-corrected chi connectivity index (χ4v) is 5.09. The molecule has 2 heterocycles. The zero-order valence-corrected chi connectivity index (χ0v) is 20.8. The number of rotatable bonds is 5. The molecule has 0 bridgehead atoms. The predicted molar refractivity (Wildman–Crippen MR) is 123 cm³/mol. The van der Waals surface area contributed by atoms with Crippen molar-refractivity contribution in [3.8, 4) is 5.75 Å². The van der Waals surface area contributed by atoms with E-state index < -0.39 is 5.60 Å². The van der Waals surface area contributed by atoms with Gasteiger partial charge in [0.1, 0.15) is 17.5 Å². The maximum absolute atomic E-state index is 13.5. The third-order valence-electron chi connectivity index (χ3n) is 6.78. The molecule has 0 unspecified atom stereocenters. The van der Waals surface area contributed by atoms with Gasteiger partial charge in [0.2, 0.25) is 0 Å². The van der Waals surface area contributed by atoms with Crippen LogP contribution in [0.2, 0.25) is 0 Å². The fourth-order valence-electron chi connectivity index (χ4n) is 5.09. The number of carbonyl (C=O) groups excluding carboxylic acids is 2. The maximum Gasteiger partial charge on any atom is 0.411 e. The van der Waals surface area contributed by atoms with Crippen LogP contribution in [0, 0.1) is 23.7 Å². The van der Waals surface area contributed by atoms with Crippen LogP contribution < -0.4 is 4.74 Å². The van der Waals surface area contributed by atoms with Crippen molar-refractivity contribution >= 4 is 12.1 Å². The number of hydrogen-bond donors (Lipinski definition) is 0. The molecule has 178 valence electrons. The Hall–Kier alpha value is -2.24. The summed E-state index contributed by atoms with van der Waals surface area (Å²) < 4.78 is 17.1. The lowest BCUT2D eigenvalue weighted by atomic mass is 9.83. The van der Waals surface area contributed by atoms with Crippen LogP contribution in [-0.4, -0.2) is 41.8 Å². The van der Waals surface area contributed by atoms with E-state index in [1.54, 1.807) is 7.11 Å². The molecule has 1 aromatic rings. The summed E-state index contributed by atoms with van der Waals surface area (Å²) in [6.45, 7) is 14.1. The second-order valence-corrected chi connectivity index (χ2v) is 10.9. The Kier molecular flexibility index (Phi) is 7.11. The van der Waals surface area contributed by atoms with Gasteiger partial charge in [0.25, 0.3) is 0 Å². The normalized spacial score (nSPS) is 28.4. The fraction of sp³-hybridized carbons (Fsp3) is 0.692. The molecule has 0 spiro atoms. The molecule has 5 atom stereocenters. The van der Waals surface area contributed by atoms with Gasteiger partial charge in [-0.1, -0.05) is 39.8 Å². The van der Waals surface area contributed by atoms with E-state index in [0.717, 1.165) is 17.7 Å². The number of benzene rings is 1. The molecule has 0 saturated carbocycles. The highest BCUT2D eigenvalue weighted by Crippen LogP contribution is 2.48. The van der Waals surface area contributed by atoms with Crippen molar-refractivity contribution in [2.75, 3.05) is 7.11 Å². The van der Waals surface area contributed by atoms with E-state index in [1.165, 1.54) is 0 Å². The number of carbonyl (C=O) groups is 2. The first-order valence-electron chi connectivity index (χ1n) is 11.8. The van der Waals surface area contributed by atoms with Gasteiger partial charge in [-0.2, -0.15) is 0 Å². The van der Waals surface area contributed by atoms with Crippen LogP contribution in [0.4, 0.5) is 4.79 Å². The van der Waals surface area contributed by atoms with Crippen molar-refractivity contribution in [3.63, 3.8) is 0 Å². The standard InChI is InChI=1S/C26H39NO5/c1-15(2)19-13-21(22-14-20(16(3)4)24(28)31-22)27(25(29)32-26(5,6)7)23(19)17-9-11-18(30-8)12-10-17/h9-12,15-16,19-23H,13-14H2,1-8H3/t19-,20-,21-,22-,23-/m0/s1. The second kappa shape index (κ2) is 9.32. The lowest BCUT2D eigenvalue weighted by Crippen LogP contribution is -2.46. The highest BCUT2D eigenvalue weighted by atomic mass is 16.6. The van der Waals surface area contributed by atoms with E-state index in [9.17, 15) is 9.59 Å². The molecule has 0 radical (unpaired) electrons. The van der Waals surface area contributed by atoms with E-state index in [4.69, 9.17) is 14.2 Å². The zero-order valence-electron chi connectivity index (χ0n) is 20.8. The monoisotopic (exact) mass is 445 g/mol. The first-order chi connectivity index (χ1) is 14.9. The predicted octanol–water partition coefficient (Wildman–Crippen LogP) is 5.61. The summed E-state index contributed by atoms with van der Waals surface area (Å²) in [7, 11) is 1.64. The Morgan fingerprint density at radius 2 is 1.69 bits per heavy atom. The summed E-state index contributed by atoms with van der Waals surface area (Å²) in [4.78, 5) is 28.0. The molecule has 2 aliphatic rings. The lowest BCUT2D eigenvalue weighted by Gasteiger charge is -2.36. The first-order valence-corrected chi connectivity index (χ1v) is 11.8. The number of likely N-dealkylation sites (tertiary alicyclic amines) is 1. The molecule has 6 heteroatoms. The lowest BCUT2D eigenvalue weighted by molar-refractivity contribution is -0.147. The summed E-state index contributed by atoms with van der Waals surface area (Å²) in [5.41, 5.74) is 0.428. The van der Waals surface area contributed by atoms with Crippen LogP contribution in [0.5, 0.6) is 5.75 Å². The molecule has 3 rings (SSSR count). The number of methoxy groups -OCH3 is 1. The molecule has 2 fully saturated rings. The largest absolute Gasteiger partial charge is 0.497 e. The topological polar surface area (TPSA) is 65.1 Å². The highest BCUT2D eigenvalue weighted by molar-refractivity contribution is 5.75. The molecular formula is C26H39NO5. The van der Waals surface area contributed by atoms with Gasteiger partial charge in [-0.15, -0.1) is 0 Å². The average molecular weight is 446 g/mol. The molecule has 1 aromatic carbocycles. The summed E-state index contributed by atoms with van der Waals surface area (Å²) in [5, 5.41) is 0. The van der Waals surface area contributed by atoms with Crippen molar-refractivity contribution in [2.45, 2.75) is 85.1 Å². The van der Waals surface area contributed by atoms with Crippen molar-refractivity contribution < 1.29 is 23.8 Å². The summed E-state index contributed by atoms with van der Waals surface area (Å²) >= 11 is 0. The van der Waals surface area contributed by atoms with E-state index in [-0.39, 0.29) is 48.0 Å². The van der Waals surface area contributed by atoms with Gasteiger partial charge in [0.05, 0.1) is 25.1 Å². The molecule has 0 aromatic heterocycles. The first kappa shape index (κ1) is 24.4. The van der Waals surface area contributed by atoms with E-state index in [2.05, 4.69) is 13.8 Å².